The highest BCUT2D eigenvalue weighted by atomic mass is 16.1. The SMILES string of the molecule is C[C@@]1(C(=O)Cc2cnccn2)CCCN1c1nc(Nc2cc(C3CC3)[nH]n2)c2cccn2n1. The minimum atomic E-state index is -0.707. The Kier molecular flexibility index (Phi) is 4.60. The zero-order chi connectivity index (χ0) is 22.4. The Balaban J connectivity index is 1.32. The van der Waals surface area contributed by atoms with Crippen molar-refractivity contribution in [3.05, 3.63) is 54.4 Å². The maximum absolute atomic E-state index is 13.4. The molecule has 0 amide bonds. The highest BCUT2D eigenvalue weighted by Gasteiger charge is 2.44. The molecule has 10 heteroatoms. The average molecular weight is 444 g/mol. The molecule has 0 unspecified atom stereocenters. The second-order valence-corrected chi connectivity index (χ2v) is 9.03. The molecule has 0 radical (unpaired) electrons. The predicted octanol–water partition coefficient (Wildman–Crippen LogP) is 3.03. The number of hydrogen-bond donors (Lipinski definition) is 2. The lowest BCUT2D eigenvalue weighted by Crippen LogP contribution is -2.50. The third-order valence-corrected chi connectivity index (χ3v) is 6.68. The number of hydrogen-bond acceptors (Lipinski definition) is 8. The number of carbonyl (C=O) groups excluding carboxylic acids is 1. The van der Waals surface area contributed by atoms with Crippen molar-refractivity contribution in [1.82, 2.24) is 34.8 Å². The van der Waals surface area contributed by atoms with Gasteiger partial charge in [0.15, 0.2) is 17.4 Å². The smallest absolute Gasteiger partial charge is 0.246 e. The van der Waals surface area contributed by atoms with E-state index in [1.165, 1.54) is 12.8 Å². The largest absolute Gasteiger partial charge is 0.327 e. The van der Waals surface area contributed by atoms with Crippen LogP contribution in [0.15, 0.2) is 43.0 Å². The molecule has 168 valence electrons. The summed E-state index contributed by atoms with van der Waals surface area (Å²) < 4.78 is 1.80. The first-order chi connectivity index (χ1) is 16.1. The van der Waals surface area contributed by atoms with Gasteiger partial charge in [0.1, 0.15) is 5.52 Å². The zero-order valence-corrected chi connectivity index (χ0v) is 18.4. The van der Waals surface area contributed by atoms with E-state index in [0.29, 0.717) is 29.9 Å². The number of rotatable bonds is 7. The molecule has 1 saturated carbocycles. The van der Waals surface area contributed by atoms with Gasteiger partial charge in [0.25, 0.3) is 0 Å². The van der Waals surface area contributed by atoms with Crippen molar-refractivity contribution in [2.24, 2.45) is 0 Å². The van der Waals surface area contributed by atoms with E-state index in [2.05, 4.69) is 25.5 Å². The summed E-state index contributed by atoms with van der Waals surface area (Å²) in [6.07, 6.45) is 11.0. The topological polar surface area (TPSA) is 117 Å². The standard InChI is InChI=1S/C23H25N9O/c1-23(19(33)12-16-14-24-8-9-25-16)7-3-10-31(23)22-27-21(18-4-2-11-32(18)30-22)26-20-13-17(28-29-20)15-5-6-15/h2,4,8-9,11,13-15H,3,5-7,10,12H2,1H3,(H2,26,27,28,29,30)/t23-/m0/s1. The van der Waals surface area contributed by atoms with Gasteiger partial charge >= 0.3 is 0 Å². The summed E-state index contributed by atoms with van der Waals surface area (Å²) in [6.45, 7) is 2.69. The molecule has 4 aromatic heterocycles. The highest BCUT2D eigenvalue weighted by Crippen LogP contribution is 2.40. The number of aromatic amines is 1. The lowest BCUT2D eigenvalue weighted by Gasteiger charge is -2.34. The van der Waals surface area contributed by atoms with E-state index >= 15 is 0 Å². The van der Waals surface area contributed by atoms with Crippen LogP contribution in [0.5, 0.6) is 0 Å². The van der Waals surface area contributed by atoms with Gasteiger partial charge in [-0.3, -0.25) is 19.9 Å². The maximum Gasteiger partial charge on any atom is 0.246 e. The Hall–Kier alpha value is -3.82. The van der Waals surface area contributed by atoms with Crippen LogP contribution in [0.3, 0.4) is 0 Å². The third kappa shape index (κ3) is 3.61. The molecular formula is C23H25N9O. The molecule has 2 N–H and O–H groups in total. The van der Waals surface area contributed by atoms with Crippen molar-refractivity contribution in [2.45, 2.75) is 50.5 Å². The molecule has 0 spiro atoms. The Labute approximate surface area is 190 Å². The van der Waals surface area contributed by atoms with Crippen LogP contribution in [0.4, 0.5) is 17.6 Å². The molecule has 1 saturated heterocycles. The molecule has 1 aliphatic carbocycles. The van der Waals surface area contributed by atoms with E-state index in [0.717, 1.165) is 29.9 Å². The van der Waals surface area contributed by atoms with Crippen LogP contribution in [0.25, 0.3) is 5.52 Å². The summed E-state index contributed by atoms with van der Waals surface area (Å²) >= 11 is 0. The fourth-order valence-electron chi connectivity index (χ4n) is 4.60. The first kappa shape index (κ1) is 19.8. The Morgan fingerprint density at radius 3 is 3.06 bits per heavy atom. The van der Waals surface area contributed by atoms with Gasteiger partial charge in [0.2, 0.25) is 5.95 Å². The molecule has 6 rings (SSSR count). The van der Waals surface area contributed by atoms with Gasteiger partial charge < -0.3 is 10.2 Å². The summed E-state index contributed by atoms with van der Waals surface area (Å²) in [7, 11) is 0. The molecule has 0 bridgehead atoms. The summed E-state index contributed by atoms with van der Waals surface area (Å²) in [5, 5.41) is 15.6. The number of carbonyl (C=O) groups is 1. The van der Waals surface area contributed by atoms with Crippen LogP contribution in [0.2, 0.25) is 0 Å². The summed E-state index contributed by atoms with van der Waals surface area (Å²) in [5.74, 6) is 2.59. The molecule has 10 nitrogen and oxygen atoms in total. The number of fused-ring (bicyclic) bond motifs is 1. The number of ketones is 1. The summed E-state index contributed by atoms with van der Waals surface area (Å²) in [5.41, 5.74) is 1.97. The van der Waals surface area contributed by atoms with Gasteiger partial charge in [-0.25, -0.2) is 4.52 Å². The average Bonchev–Trinajstić information content (AvgIpc) is 3.20. The van der Waals surface area contributed by atoms with Crippen LogP contribution in [-0.2, 0) is 11.2 Å². The number of anilines is 3. The van der Waals surface area contributed by atoms with Crippen LogP contribution in [0, 0.1) is 0 Å². The molecular weight excluding hydrogens is 418 g/mol. The first-order valence-corrected chi connectivity index (χ1v) is 11.3. The molecule has 1 atom stereocenters. The molecule has 4 aromatic rings. The van der Waals surface area contributed by atoms with Gasteiger partial charge in [0.05, 0.1) is 17.7 Å². The number of nitrogens with zero attached hydrogens (tertiary/aromatic N) is 7. The summed E-state index contributed by atoms with van der Waals surface area (Å²) in [6, 6.07) is 5.94. The number of Topliss-reactive ketones (excluding diaryl/α,β-unsaturated/α-hetero) is 1. The van der Waals surface area contributed by atoms with Crippen molar-refractivity contribution < 1.29 is 4.79 Å². The lowest BCUT2D eigenvalue weighted by atomic mass is 9.90. The molecule has 2 aliphatic rings. The van der Waals surface area contributed by atoms with Gasteiger partial charge in [-0.2, -0.15) is 10.1 Å². The minimum absolute atomic E-state index is 0.0904. The van der Waals surface area contributed by atoms with Crippen LogP contribution < -0.4 is 10.2 Å². The normalized spacial score (nSPS) is 20.5. The molecule has 2 fully saturated rings. The highest BCUT2D eigenvalue weighted by molar-refractivity contribution is 5.93. The number of aromatic nitrogens is 7. The van der Waals surface area contributed by atoms with Crippen molar-refractivity contribution in [1.29, 1.82) is 0 Å². The van der Waals surface area contributed by atoms with E-state index in [9.17, 15) is 4.79 Å². The minimum Gasteiger partial charge on any atom is -0.327 e. The van der Waals surface area contributed by atoms with E-state index in [4.69, 9.17) is 10.1 Å². The second-order valence-electron chi connectivity index (χ2n) is 9.03. The van der Waals surface area contributed by atoms with Crippen molar-refractivity contribution in [3.63, 3.8) is 0 Å². The van der Waals surface area contributed by atoms with Crippen molar-refractivity contribution in [3.8, 4) is 0 Å². The molecule has 1 aliphatic heterocycles. The number of H-pyrrole nitrogens is 1. The van der Waals surface area contributed by atoms with E-state index in [1.54, 1.807) is 23.1 Å². The molecule has 5 heterocycles. The third-order valence-electron chi connectivity index (χ3n) is 6.68. The van der Waals surface area contributed by atoms with E-state index in [1.807, 2.05) is 36.2 Å². The number of nitrogens with one attached hydrogen (secondary N) is 2. The fourth-order valence-corrected chi connectivity index (χ4v) is 4.60. The van der Waals surface area contributed by atoms with Crippen LogP contribution in [0.1, 0.15) is 49.9 Å². The predicted molar refractivity (Wildman–Crippen MR) is 123 cm³/mol. The van der Waals surface area contributed by atoms with Crippen LogP contribution >= 0.6 is 0 Å². The lowest BCUT2D eigenvalue weighted by molar-refractivity contribution is -0.122. The summed E-state index contributed by atoms with van der Waals surface area (Å²) in [4.78, 5) is 28.6. The van der Waals surface area contributed by atoms with Crippen LogP contribution in [-0.4, -0.2) is 52.6 Å². The van der Waals surface area contributed by atoms with Gasteiger partial charge in [-0.15, -0.1) is 5.10 Å². The molecule has 0 aromatic carbocycles. The second kappa shape index (κ2) is 7.65. The van der Waals surface area contributed by atoms with E-state index in [-0.39, 0.29) is 12.2 Å². The van der Waals surface area contributed by atoms with Crippen molar-refractivity contribution in [2.75, 3.05) is 16.8 Å². The van der Waals surface area contributed by atoms with Gasteiger partial charge in [0, 0.05) is 49.0 Å². The Morgan fingerprint density at radius 1 is 1.33 bits per heavy atom. The fraction of sp³-hybridized carbons (Fsp3) is 0.391. The zero-order valence-electron chi connectivity index (χ0n) is 18.4. The van der Waals surface area contributed by atoms with E-state index < -0.39 is 5.54 Å². The van der Waals surface area contributed by atoms with Gasteiger partial charge in [-0.1, -0.05) is 0 Å². The Morgan fingerprint density at radius 2 is 2.24 bits per heavy atom. The Bertz CT molecular complexity index is 1310. The first-order valence-electron chi connectivity index (χ1n) is 11.3. The molecule has 33 heavy (non-hydrogen) atoms. The monoisotopic (exact) mass is 443 g/mol. The van der Waals surface area contributed by atoms with Crippen molar-refractivity contribution >= 4 is 28.9 Å². The van der Waals surface area contributed by atoms with Gasteiger partial charge in [-0.05, 0) is 44.7 Å². The quantitative estimate of drug-likeness (QED) is 0.448. The maximum atomic E-state index is 13.4.